The quantitative estimate of drug-likeness (QED) is 0.691. The third kappa shape index (κ3) is 6.44. The highest BCUT2D eigenvalue weighted by Gasteiger charge is 2.27. The van der Waals surface area contributed by atoms with Gasteiger partial charge in [-0.1, -0.05) is 53.5 Å². The first-order valence-electron chi connectivity index (χ1n) is 9.61. The van der Waals surface area contributed by atoms with Crippen molar-refractivity contribution < 1.29 is 19.8 Å². The zero-order valence-electron chi connectivity index (χ0n) is 16.6. The van der Waals surface area contributed by atoms with Crippen LogP contribution in [0.4, 0.5) is 0 Å². The molecule has 162 valence electrons. The Morgan fingerprint density at radius 3 is 2.33 bits per heavy atom. The molecule has 0 saturated carbocycles. The number of hydrogen-bond acceptors (Lipinski definition) is 6. The van der Waals surface area contributed by atoms with Crippen LogP contribution in [0.1, 0.15) is 54.3 Å². The molecule has 3 atom stereocenters. The third-order valence-electron chi connectivity index (χ3n) is 5.15. The van der Waals surface area contributed by atoms with Crippen LogP contribution in [0.3, 0.4) is 0 Å². The van der Waals surface area contributed by atoms with Crippen LogP contribution in [-0.4, -0.2) is 25.0 Å². The Morgan fingerprint density at radius 2 is 1.77 bits per heavy atom. The van der Waals surface area contributed by atoms with Crippen molar-refractivity contribution in [2.75, 3.05) is 7.05 Å². The minimum Gasteiger partial charge on any atom is -0.550 e. The molecular formula is C22H24Cl2N2O4-2. The number of carboxylic acid groups (broad SMARTS) is 2. The largest absolute Gasteiger partial charge is 0.550 e. The maximum absolute atomic E-state index is 9.86. The van der Waals surface area contributed by atoms with Crippen molar-refractivity contribution in [2.45, 2.75) is 43.7 Å². The fraction of sp³-hybridized carbons (Fsp3) is 0.364. The van der Waals surface area contributed by atoms with Gasteiger partial charge in [-0.15, -0.1) is 0 Å². The lowest BCUT2D eigenvalue weighted by molar-refractivity contribution is -0.309. The summed E-state index contributed by atoms with van der Waals surface area (Å²) in [6.45, 7) is 0. The van der Waals surface area contributed by atoms with Gasteiger partial charge in [0.1, 0.15) is 0 Å². The summed E-state index contributed by atoms with van der Waals surface area (Å²) in [6, 6.07) is 13.9. The molecule has 2 aromatic rings. The summed E-state index contributed by atoms with van der Waals surface area (Å²) in [6.07, 6.45) is 1.76. The summed E-state index contributed by atoms with van der Waals surface area (Å²) in [4.78, 5) is 19.6. The number of rotatable bonds is 6. The summed E-state index contributed by atoms with van der Waals surface area (Å²) < 4.78 is 0. The van der Waals surface area contributed by atoms with E-state index in [1.165, 1.54) is 16.7 Å². The lowest BCUT2D eigenvalue weighted by Crippen LogP contribution is -2.42. The maximum atomic E-state index is 9.86. The molecule has 3 rings (SSSR count). The Labute approximate surface area is 186 Å². The van der Waals surface area contributed by atoms with Crippen LogP contribution in [0, 0.1) is 0 Å². The van der Waals surface area contributed by atoms with Gasteiger partial charge < -0.3 is 30.9 Å². The average molecular weight is 451 g/mol. The molecule has 2 aromatic carbocycles. The highest BCUT2D eigenvalue weighted by Crippen LogP contribution is 2.42. The van der Waals surface area contributed by atoms with Gasteiger partial charge in [-0.2, -0.15) is 0 Å². The smallest absolute Gasteiger partial charge is 0.0595 e. The summed E-state index contributed by atoms with van der Waals surface area (Å²) >= 11 is 12.2. The lowest BCUT2D eigenvalue weighted by atomic mass is 9.77. The molecule has 0 fully saturated rings. The number of carbonyl (C=O) groups excluding carboxylic acids is 2. The SMILES string of the molecule is CN[C@H]1CC[C@@H](c2ccc(Cl)c(Cl)c2)c2ccccc21.N[C@@H](CCC(=O)[O-])C(=O)[O-]. The van der Waals surface area contributed by atoms with Crippen LogP contribution >= 0.6 is 23.2 Å². The fourth-order valence-electron chi connectivity index (χ4n) is 3.56. The molecule has 0 amide bonds. The first kappa shape index (κ1) is 24.2. The highest BCUT2D eigenvalue weighted by molar-refractivity contribution is 6.42. The topological polar surface area (TPSA) is 118 Å². The van der Waals surface area contributed by atoms with Crippen molar-refractivity contribution in [2.24, 2.45) is 5.73 Å². The molecule has 0 bridgehead atoms. The first-order chi connectivity index (χ1) is 14.2. The minimum absolute atomic E-state index is 0.148. The van der Waals surface area contributed by atoms with Crippen LogP contribution in [-0.2, 0) is 9.59 Å². The zero-order valence-corrected chi connectivity index (χ0v) is 18.1. The number of halogens is 2. The lowest BCUT2D eigenvalue weighted by Gasteiger charge is -2.32. The van der Waals surface area contributed by atoms with Crippen LogP contribution in [0.5, 0.6) is 0 Å². The van der Waals surface area contributed by atoms with Crippen LogP contribution in [0.2, 0.25) is 10.0 Å². The predicted molar refractivity (Wildman–Crippen MR) is 113 cm³/mol. The number of benzene rings is 2. The van der Waals surface area contributed by atoms with Gasteiger partial charge in [0.25, 0.3) is 0 Å². The first-order valence-corrected chi connectivity index (χ1v) is 10.4. The second-order valence-corrected chi connectivity index (χ2v) is 7.92. The van der Waals surface area contributed by atoms with Crippen LogP contribution in [0.25, 0.3) is 0 Å². The molecule has 1 aliphatic rings. The van der Waals surface area contributed by atoms with E-state index in [2.05, 4.69) is 35.6 Å². The van der Waals surface area contributed by atoms with Gasteiger partial charge in [0, 0.05) is 24.0 Å². The molecular weight excluding hydrogens is 427 g/mol. The molecule has 6 nitrogen and oxygen atoms in total. The normalized spacial score (nSPS) is 18.5. The third-order valence-corrected chi connectivity index (χ3v) is 5.89. The summed E-state index contributed by atoms with van der Waals surface area (Å²) in [5.41, 5.74) is 8.96. The molecule has 0 radical (unpaired) electrons. The molecule has 1 aliphatic carbocycles. The predicted octanol–water partition coefficient (Wildman–Crippen LogP) is 1.77. The zero-order chi connectivity index (χ0) is 22.3. The van der Waals surface area contributed by atoms with Crippen molar-refractivity contribution in [3.63, 3.8) is 0 Å². The standard InChI is InChI=1S/C17H17Cl2N.C5H9NO4/c1-20-17-9-7-12(13-4-2-3-5-14(13)17)11-6-8-15(18)16(19)10-11;6-3(5(9)10)1-2-4(7)8/h2-6,8,10,12,17,20H,7,9H2,1H3;3H,1-2,6H2,(H,7,8)(H,9,10)/p-2/t12-,17-;3-/m00/s1. The Balaban J connectivity index is 0.000000274. The number of carbonyl (C=O) groups is 2. The Hall–Kier alpha value is -2.12. The van der Waals surface area contributed by atoms with Crippen LogP contribution in [0.15, 0.2) is 42.5 Å². The molecule has 0 saturated heterocycles. The molecule has 0 aliphatic heterocycles. The number of hydrogen-bond donors (Lipinski definition) is 2. The van der Waals surface area contributed by atoms with Gasteiger partial charge >= 0.3 is 0 Å². The van der Waals surface area contributed by atoms with Gasteiger partial charge in [0.05, 0.1) is 16.0 Å². The van der Waals surface area contributed by atoms with Crippen molar-refractivity contribution in [3.8, 4) is 0 Å². The van der Waals surface area contributed by atoms with E-state index in [0.717, 1.165) is 12.8 Å². The van der Waals surface area contributed by atoms with Gasteiger partial charge in [-0.05, 0) is 61.6 Å². The molecule has 0 unspecified atom stereocenters. The van der Waals surface area contributed by atoms with Crippen molar-refractivity contribution >= 4 is 35.1 Å². The Bertz CT molecular complexity index is 891. The van der Waals surface area contributed by atoms with Crippen molar-refractivity contribution in [1.29, 1.82) is 0 Å². The van der Waals surface area contributed by atoms with Gasteiger partial charge in [0.15, 0.2) is 0 Å². The second kappa shape index (κ2) is 11.3. The molecule has 3 N–H and O–H groups in total. The molecule has 0 heterocycles. The second-order valence-electron chi connectivity index (χ2n) is 7.11. The summed E-state index contributed by atoms with van der Waals surface area (Å²) in [5.74, 6) is -2.34. The van der Waals surface area contributed by atoms with Crippen LogP contribution < -0.4 is 21.3 Å². The van der Waals surface area contributed by atoms with Gasteiger partial charge in [-0.3, -0.25) is 0 Å². The van der Waals surface area contributed by atoms with E-state index in [9.17, 15) is 19.8 Å². The van der Waals surface area contributed by atoms with E-state index in [-0.39, 0.29) is 12.8 Å². The van der Waals surface area contributed by atoms with E-state index in [1.807, 2.05) is 19.2 Å². The average Bonchev–Trinajstić information content (AvgIpc) is 2.73. The molecule has 0 aromatic heterocycles. The maximum Gasteiger partial charge on any atom is 0.0595 e. The number of fused-ring (bicyclic) bond motifs is 1. The summed E-state index contributed by atoms with van der Waals surface area (Å²) in [5, 5.41) is 24.3. The molecule has 0 spiro atoms. The number of nitrogens with one attached hydrogen (secondary N) is 1. The fourth-order valence-corrected chi connectivity index (χ4v) is 3.86. The Kier molecular flexibility index (Phi) is 9.11. The molecule has 30 heavy (non-hydrogen) atoms. The number of nitrogens with two attached hydrogens (primary N) is 1. The molecule has 8 heteroatoms. The number of aliphatic carboxylic acids is 2. The van der Waals surface area contributed by atoms with E-state index >= 15 is 0 Å². The van der Waals surface area contributed by atoms with E-state index < -0.39 is 18.0 Å². The van der Waals surface area contributed by atoms with Gasteiger partial charge in [0.2, 0.25) is 0 Å². The van der Waals surface area contributed by atoms with E-state index in [1.54, 1.807) is 0 Å². The highest BCUT2D eigenvalue weighted by atomic mass is 35.5. The van der Waals surface area contributed by atoms with Crippen molar-refractivity contribution in [3.05, 3.63) is 69.2 Å². The van der Waals surface area contributed by atoms with E-state index in [0.29, 0.717) is 22.0 Å². The monoisotopic (exact) mass is 450 g/mol. The Morgan fingerprint density at radius 1 is 1.10 bits per heavy atom. The van der Waals surface area contributed by atoms with E-state index in [4.69, 9.17) is 28.9 Å². The summed E-state index contributed by atoms with van der Waals surface area (Å²) in [7, 11) is 2.03. The minimum atomic E-state index is -1.44. The number of carboxylic acids is 2. The van der Waals surface area contributed by atoms with Gasteiger partial charge in [-0.25, -0.2) is 0 Å². The van der Waals surface area contributed by atoms with Crippen molar-refractivity contribution in [1.82, 2.24) is 5.32 Å².